The number of methoxy groups -OCH3 is 1. The van der Waals surface area contributed by atoms with Crippen LogP contribution in [0.2, 0.25) is 0 Å². The number of hydrogen-bond acceptors (Lipinski definition) is 6. The van der Waals surface area contributed by atoms with Crippen LogP contribution in [0.1, 0.15) is 59.1 Å². The lowest BCUT2D eigenvalue weighted by Crippen LogP contribution is -2.10. The van der Waals surface area contributed by atoms with E-state index in [1.807, 2.05) is 19.9 Å². The van der Waals surface area contributed by atoms with Gasteiger partial charge in [0.2, 0.25) is 0 Å². The zero-order chi connectivity index (χ0) is 28.6. The molecule has 0 radical (unpaired) electrons. The van der Waals surface area contributed by atoms with Gasteiger partial charge in [0.05, 0.1) is 23.7 Å². The number of halogens is 1. The second-order valence-electron chi connectivity index (χ2n) is 10.5. The maximum Gasteiger partial charge on any atom is 0.304 e. The summed E-state index contributed by atoms with van der Waals surface area (Å²) in [6.07, 6.45) is 1.13. The Morgan fingerprint density at radius 2 is 1.88 bits per heavy atom. The minimum atomic E-state index is -3.45. The van der Waals surface area contributed by atoms with Gasteiger partial charge in [0.15, 0.2) is 9.84 Å². The van der Waals surface area contributed by atoms with Crippen molar-refractivity contribution in [2.24, 2.45) is 0 Å². The van der Waals surface area contributed by atoms with E-state index in [0.717, 1.165) is 33.4 Å². The molecule has 40 heavy (non-hydrogen) atoms. The fourth-order valence-corrected chi connectivity index (χ4v) is 7.39. The zero-order valence-electron chi connectivity index (χ0n) is 22.8. The lowest BCUT2D eigenvalue weighted by Gasteiger charge is -2.19. The average Bonchev–Trinajstić information content (AvgIpc) is 3.49. The number of benzene rings is 3. The number of fused-ring (bicyclic) bond motifs is 2. The van der Waals surface area contributed by atoms with Crippen LogP contribution in [-0.2, 0) is 25.8 Å². The molecule has 2 aliphatic rings. The molecule has 3 aromatic rings. The molecule has 0 saturated heterocycles. The molecule has 3 aromatic carbocycles. The van der Waals surface area contributed by atoms with Crippen molar-refractivity contribution in [1.29, 1.82) is 0 Å². The standard InChI is InChI=1S/C31H33FO7S/c1-18-13-22(40(35,36)12-4-11-37-3)14-19(2)30(18)24-7-9-26(32)31-25(24)8-10-27(31)39-21-5-6-23-20(15-29(33)34)17-38-28(23)16-21/h5-7,9,13-14,16,20,27H,4,8,10-12,15,17H2,1-3H3,(H,33,34)/t20-,27-/m1/s1. The molecule has 1 N–H and O–H groups in total. The van der Waals surface area contributed by atoms with Crippen LogP contribution < -0.4 is 9.47 Å². The van der Waals surface area contributed by atoms with Gasteiger partial charge in [-0.3, -0.25) is 4.79 Å². The number of hydrogen-bond donors (Lipinski definition) is 1. The second kappa shape index (κ2) is 11.2. The molecule has 0 fully saturated rings. The summed E-state index contributed by atoms with van der Waals surface area (Å²) in [6.45, 7) is 4.46. The van der Waals surface area contributed by atoms with Crippen LogP contribution in [0.5, 0.6) is 11.5 Å². The molecular weight excluding hydrogens is 535 g/mol. The summed E-state index contributed by atoms with van der Waals surface area (Å²) < 4.78 is 58.0. The second-order valence-corrected chi connectivity index (χ2v) is 12.6. The Labute approximate surface area is 233 Å². The first-order valence-corrected chi connectivity index (χ1v) is 15.0. The third-order valence-electron chi connectivity index (χ3n) is 7.74. The number of carbonyl (C=O) groups is 1. The summed E-state index contributed by atoms with van der Waals surface area (Å²) in [6, 6.07) is 12.0. The van der Waals surface area contributed by atoms with Gasteiger partial charge in [0.25, 0.3) is 0 Å². The van der Waals surface area contributed by atoms with Crippen LogP contribution in [0.15, 0.2) is 47.4 Å². The third-order valence-corrected chi connectivity index (χ3v) is 9.52. The molecule has 7 nitrogen and oxygen atoms in total. The van der Waals surface area contributed by atoms with Gasteiger partial charge >= 0.3 is 5.97 Å². The van der Waals surface area contributed by atoms with Crippen LogP contribution >= 0.6 is 0 Å². The Morgan fingerprint density at radius 1 is 1.12 bits per heavy atom. The summed E-state index contributed by atoms with van der Waals surface area (Å²) in [4.78, 5) is 11.4. The van der Waals surface area contributed by atoms with E-state index in [-0.39, 0.29) is 28.8 Å². The van der Waals surface area contributed by atoms with Crippen LogP contribution in [0.3, 0.4) is 0 Å². The number of aryl methyl sites for hydroxylation is 2. The molecular formula is C31H33FO7S. The summed E-state index contributed by atoms with van der Waals surface area (Å²) in [5, 5.41) is 9.14. The first-order valence-electron chi connectivity index (χ1n) is 13.4. The molecule has 212 valence electrons. The van der Waals surface area contributed by atoms with E-state index in [1.165, 1.54) is 6.07 Å². The Hall–Kier alpha value is -3.43. The molecule has 0 amide bonds. The van der Waals surface area contributed by atoms with Crippen LogP contribution in [0, 0.1) is 19.7 Å². The zero-order valence-corrected chi connectivity index (χ0v) is 23.6. The topological polar surface area (TPSA) is 99.1 Å². The molecule has 0 bridgehead atoms. The van der Waals surface area contributed by atoms with E-state index in [9.17, 15) is 13.2 Å². The van der Waals surface area contributed by atoms with E-state index in [4.69, 9.17) is 19.3 Å². The van der Waals surface area contributed by atoms with Crippen LogP contribution in [-0.4, -0.2) is 45.6 Å². The Balaban J connectivity index is 1.43. The Bertz CT molecular complexity index is 1540. The number of sulfone groups is 1. The number of aliphatic carboxylic acids is 1. The normalized spacial score (nSPS) is 17.8. The number of carboxylic acids is 1. The minimum Gasteiger partial charge on any atom is -0.492 e. The molecule has 1 aliphatic carbocycles. The van der Waals surface area contributed by atoms with Gasteiger partial charge in [-0.15, -0.1) is 0 Å². The monoisotopic (exact) mass is 568 g/mol. The summed E-state index contributed by atoms with van der Waals surface area (Å²) >= 11 is 0. The van der Waals surface area contributed by atoms with Crippen molar-refractivity contribution in [3.8, 4) is 22.6 Å². The first kappa shape index (κ1) is 28.1. The van der Waals surface area contributed by atoms with E-state index < -0.39 is 21.9 Å². The van der Waals surface area contributed by atoms with Gasteiger partial charge in [0.1, 0.15) is 23.4 Å². The largest absolute Gasteiger partial charge is 0.492 e. The van der Waals surface area contributed by atoms with Gasteiger partial charge < -0.3 is 19.3 Å². The van der Waals surface area contributed by atoms with Gasteiger partial charge in [-0.25, -0.2) is 12.8 Å². The SMILES string of the molecule is COCCCS(=O)(=O)c1cc(C)c(-c2ccc(F)c3c2CC[C@H]3Oc2ccc3c(c2)OC[C@H]3CC(=O)O)c(C)c1. The van der Waals surface area contributed by atoms with Crippen molar-refractivity contribution >= 4 is 15.8 Å². The highest BCUT2D eigenvalue weighted by Crippen LogP contribution is 2.45. The lowest BCUT2D eigenvalue weighted by molar-refractivity contribution is -0.137. The molecule has 1 aliphatic heterocycles. The third kappa shape index (κ3) is 5.45. The lowest BCUT2D eigenvalue weighted by atomic mass is 9.90. The average molecular weight is 569 g/mol. The van der Waals surface area contributed by atoms with Crippen molar-refractivity contribution in [2.75, 3.05) is 26.1 Å². The van der Waals surface area contributed by atoms with Gasteiger partial charge in [0, 0.05) is 36.8 Å². The molecule has 0 unspecified atom stereocenters. The fraction of sp³-hybridized carbons (Fsp3) is 0.387. The summed E-state index contributed by atoms with van der Waals surface area (Å²) in [5.74, 6) is -0.274. The highest BCUT2D eigenvalue weighted by atomic mass is 32.2. The molecule has 2 atom stereocenters. The predicted octanol–water partition coefficient (Wildman–Crippen LogP) is 5.94. The van der Waals surface area contributed by atoms with E-state index in [1.54, 1.807) is 37.4 Å². The number of ether oxygens (including phenoxy) is 3. The predicted molar refractivity (Wildman–Crippen MR) is 148 cm³/mol. The minimum absolute atomic E-state index is 0.00322. The highest BCUT2D eigenvalue weighted by Gasteiger charge is 2.32. The van der Waals surface area contributed by atoms with Crippen molar-refractivity contribution in [3.63, 3.8) is 0 Å². The smallest absolute Gasteiger partial charge is 0.304 e. The van der Waals surface area contributed by atoms with Crippen LogP contribution in [0.25, 0.3) is 11.1 Å². The summed E-state index contributed by atoms with van der Waals surface area (Å²) in [7, 11) is -1.90. The quantitative estimate of drug-likeness (QED) is 0.302. The molecule has 5 rings (SSSR count). The highest BCUT2D eigenvalue weighted by molar-refractivity contribution is 7.91. The van der Waals surface area contributed by atoms with E-state index in [2.05, 4.69) is 0 Å². The van der Waals surface area contributed by atoms with Crippen molar-refractivity contribution in [1.82, 2.24) is 0 Å². The molecule has 0 aromatic heterocycles. The number of carboxylic acid groups (broad SMARTS) is 1. The molecule has 9 heteroatoms. The Kier molecular flexibility index (Phi) is 7.88. The van der Waals surface area contributed by atoms with Crippen molar-refractivity contribution < 1.29 is 36.9 Å². The maximum atomic E-state index is 15.3. The fourth-order valence-electron chi connectivity index (χ4n) is 5.94. The van der Waals surface area contributed by atoms with Crippen LogP contribution in [0.4, 0.5) is 4.39 Å². The van der Waals surface area contributed by atoms with Gasteiger partial charge in [-0.1, -0.05) is 12.1 Å². The molecule has 0 spiro atoms. The first-order chi connectivity index (χ1) is 19.1. The van der Waals surface area contributed by atoms with E-state index >= 15 is 4.39 Å². The van der Waals surface area contributed by atoms with Crippen molar-refractivity contribution in [3.05, 3.63) is 76.1 Å². The van der Waals surface area contributed by atoms with Gasteiger partial charge in [-0.2, -0.15) is 0 Å². The maximum absolute atomic E-state index is 15.3. The van der Waals surface area contributed by atoms with Crippen molar-refractivity contribution in [2.45, 2.75) is 56.4 Å². The molecule has 0 saturated carbocycles. The van der Waals surface area contributed by atoms with Gasteiger partial charge in [-0.05, 0) is 85.2 Å². The summed E-state index contributed by atoms with van der Waals surface area (Å²) in [5.41, 5.74) is 5.64. The molecule has 1 heterocycles. The Morgan fingerprint density at radius 3 is 2.58 bits per heavy atom. The number of rotatable bonds is 10. The van der Waals surface area contributed by atoms with E-state index in [0.29, 0.717) is 49.5 Å².